The monoisotopic (exact) mass is 434 g/mol. The van der Waals surface area contributed by atoms with Crippen LogP contribution >= 0.6 is 36.6 Å². The van der Waals surface area contributed by atoms with Crippen LogP contribution in [0, 0.1) is 0 Å². The van der Waals surface area contributed by atoms with Crippen molar-refractivity contribution in [2.24, 2.45) is 0 Å². The summed E-state index contributed by atoms with van der Waals surface area (Å²) in [7, 11) is 0. The molecule has 1 unspecified atom stereocenters. The lowest BCUT2D eigenvalue weighted by Gasteiger charge is -2.14. The number of carboxylic acid groups (broad SMARTS) is 1. The molecule has 0 saturated carbocycles. The number of halogens is 2. The fourth-order valence-electron chi connectivity index (χ4n) is 2.28. The maximum atomic E-state index is 12.3. The Labute approximate surface area is 174 Å². The van der Waals surface area contributed by atoms with Crippen molar-refractivity contribution in [1.29, 1.82) is 0 Å². The van der Waals surface area contributed by atoms with Gasteiger partial charge in [0, 0.05) is 30.5 Å². The van der Waals surface area contributed by atoms with Gasteiger partial charge in [-0.3, -0.25) is 4.79 Å². The van der Waals surface area contributed by atoms with Gasteiger partial charge in [0.15, 0.2) is 0 Å². The molecular formula is C17H24Cl2N4O3S. The zero-order chi connectivity index (χ0) is 18.1. The van der Waals surface area contributed by atoms with E-state index in [1.54, 1.807) is 42.5 Å². The van der Waals surface area contributed by atoms with Gasteiger partial charge in [-0.15, -0.1) is 24.8 Å². The van der Waals surface area contributed by atoms with Crippen molar-refractivity contribution in [3.8, 4) is 0 Å². The van der Waals surface area contributed by atoms with Crippen molar-refractivity contribution in [3.05, 3.63) is 53.6 Å². The zero-order valence-corrected chi connectivity index (χ0v) is 17.3. The van der Waals surface area contributed by atoms with Gasteiger partial charge in [0.05, 0.1) is 6.33 Å². The van der Waals surface area contributed by atoms with E-state index in [4.69, 9.17) is 0 Å². The molecule has 0 radical (unpaired) electrons. The van der Waals surface area contributed by atoms with E-state index >= 15 is 0 Å². The first kappa shape index (κ1) is 25.3. The summed E-state index contributed by atoms with van der Waals surface area (Å²) in [5, 5.41) is 15.1. The Morgan fingerprint density at radius 1 is 1.30 bits per heavy atom. The van der Waals surface area contributed by atoms with Crippen LogP contribution in [0.4, 0.5) is 0 Å². The first-order chi connectivity index (χ1) is 12.1. The number of imidazole rings is 1. The Morgan fingerprint density at radius 3 is 2.70 bits per heavy atom. The third-order valence-electron chi connectivity index (χ3n) is 3.60. The van der Waals surface area contributed by atoms with Gasteiger partial charge < -0.3 is 20.7 Å². The van der Waals surface area contributed by atoms with Crippen molar-refractivity contribution in [2.45, 2.75) is 25.6 Å². The van der Waals surface area contributed by atoms with Crippen LogP contribution in [-0.2, 0) is 17.9 Å². The van der Waals surface area contributed by atoms with Crippen molar-refractivity contribution < 1.29 is 14.7 Å². The third kappa shape index (κ3) is 8.66. The highest BCUT2D eigenvalue weighted by Crippen LogP contribution is 2.08. The number of aromatic nitrogens is 2. The standard InChI is InChI=1S/C17H22N4O3S.2ClH/c1-25-6-5-15(17(23)24)21-16(22)13-4-2-3-12(7-13)8-18-9-14-10-19-11-20-14;;/h2-4,7,10-11,15,18H,5-6,8-9H2,1H3,(H,19,20)(H,21,22)(H,23,24);2*1H. The Bertz CT molecular complexity index is 701. The molecule has 0 aliphatic heterocycles. The second kappa shape index (κ2) is 13.4. The molecule has 4 N–H and O–H groups in total. The summed E-state index contributed by atoms with van der Waals surface area (Å²) in [5.41, 5.74) is 2.38. The van der Waals surface area contributed by atoms with Gasteiger partial charge >= 0.3 is 5.97 Å². The van der Waals surface area contributed by atoms with Crippen LogP contribution in [0.3, 0.4) is 0 Å². The van der Waals surface area contributed by atoms with Crippen molar-refractivity contribution in [2.75, 3.05) is 12.0 Å². The molecule has 1 aromatic heterocycles. The lowest BCUT2D eigenvalue weighted by atomic mass is 10.1. The van der Waals surface area contributed by atoms with Crippen LogP contribution in [0.5, 0.6) is 0 Å². The summed E-state index contributed by atoms with van der Waals surface area (Å²) >= 11 is 1.55. The molecule has 1 atom stereocenters. The molecule has 1 aromatic carbocycles. The molecule has 0 aliphatic carbocycles. The number of H-pyrrole nitrogens is 1. The molecule has 0 bridgehead atoms. The van der Waals surface area contributed by atoms with Gasteiger partial charge in [0.2, 0.25) is 0 Å². The van der Waals surface area contributed by atoms with Gasteiger partial charge in [0.25, 0.3) is 5.91 Å². The maximum absolute atomic E-state index is 12.3. The van der Waals surface area contributed by atoms with Gasteiger partial charge in [-0.2, -0.15) is 11.8 Å². The molecular weight excluding hydrogens is 411 g/mol. The summed E-state index contributed by atoms with van der Waals surface area (Å²) in [6.07, 6.45) is 5.67. The molecule has 10 heteroatoms. The molecule has 0 spiro atoms. The predicted molar refractivity (Wildman–Crippen MR) is 112 cm³/mol. The quantitative estimate of drug-likeness (QED) is 0.457. The molecule has 0 saturated heterocycles. The number of carboxylic acids is 1. The lowest BCUT2D eigenvalue weighted by molar-refractivity contribution is -0.139. The number of benzene rings is 1. The Kier molecular flexibility index (Phi) is 12.6. The summed E-state index contributed by atoms with van der Waals surface area (Å²) in [6.45, 7) is 1.24. The molecule has 150 valence electrons. The Morgan fingerprint density at radius 2 is 2.07 bits per heavy atom. The van der Waals surface area contributed by atoms with E-state index < -0.39 is 12.0 Å². The molecule has 0 fully saturated rings. The van der Waals surface area contributed by atoms with Crippen LogP contribution in [0.1, 0.15) is 28.0 Å². The average Bonchev–Trinajstić information content (AvgIpc) is 3.12. The number of thioether (sulfide) groups is 1. The number of hydrogen-bond donors (Lipinski definition) is 4. The van der Waals surface area contributed by atoms with E-state index in [0.717, 1.165) is 11.3 Å². The first-order valence-electron chi connectivity index (χ1n) is 7.89. The zero-order valence-electron chi connectivity index (χ0n) is 14.8. The Hall–Kier alpha value is -1.74. The highest BCUT2D eigenvalue weighted by Gasteiger charge is 2.20. The van der Waals surface area contributed by atoms with E-state index in [9.17, 15) is 14.7 Å². The van der Waals surface area contributed by atoms with Crippen molar-refractivity contribution in [1.82, 2.24) is 20.6 Å². The van der Waals surface area contributed by atoms with Crippen LogP contribution in [-0.4, -0.2) is 45.0 Å². The lowest BCUT2D eigenvalue weighted by Crippen LogP contribution is -2.41. The number of aliphatic carboxylic acids is 1. The maximum Gasteiger partial charge on any atom is 0.326 e. The highest BCUT2D eigenvalue weighted by molar-refractivity contribution is 7.98. The van der Waals surface area contributed by atoms with Gasteiger partial charge in [-0.25, -0.2) is 9.78 Å². The summed E-state index contributed by atoms with van der Waals surface area (Å²) in [6, 6.07) is 6.28. The number of carbonyl (C=O) groups excluding carboxylic acids is 1. The van der Waals surface area contributed by atoms with Crippen LogP contribution < -0.4 is 10.6 Å². The van der Waals surface area contributed by atoms with E-state index in [0.29, 0.717) is 30.8 Å². The van der Waals surface area contributed by atoms with E-state index in [-0.39, 0.29) is 30.7 Å². The number of aromatic amines is 1. The van der Waals surface area contributed by atoms with Crippen molar-refractivity contribution >= 4 is 48.5 Å². The van der Waals surface area contributed by atoms with Gasteiger partial charge in [0.1, 0.15) is 6.04 Å². The summed E-state index contributed by atoms with van der Waals surface area (Å²) in [4.78, 5) is 30.5. The number of carbonyl (C=O) groups is 2. The molecule has 1 amide bonds. The minimum Gasteiger partial charge on any atom is -0.480 e. The first-order valence-corrected chi connectivity index (χ1v) is 9.29. The van der Waals surface area contributed by atoms with E-state index in [1.807, 2.05) is 12.3 Å². The second-order valence-corrected chi connectivity index (χ2v) is 6.51. The molecule has 2 rings (SSSR count). The summed E-state index contributed by atoms with van der Waals surface area (Å²) < 4.78 is 0. The van der Waals surface area contributed by atoms with E-state index in [1.165, 1.54) is 0 Å². The average molecular weight is 435 g/mol. The molecule has 2 aromatic rings. The fraction of sp³-hybridized carbons (Fsp3) is 0.353. The molecule has 7 nitrogen and oxygen atoms in total. The highest BCUT2D eigenvalue weighted by atomic mass is 35.5. The molecule has 27 heavy (non-hydrogen) atoms. The predicted octanol–water partition coefficient (Wildman–Crippen LogP) is 2.48. The number of hydrogen-bond acceptors (Lipinski definition) is 5. The second-order valence-electron chi connectivity index (χ2n) is 5.53. The topological polar surface area (TPSA) is 107 Å². The van der Waals surface area contributed by atoms with Gasteiger partial charge in [-0.1, -0.05) is 12.1 Å². The SMILES string of the molecule is CSCCC(NC(=O)c1cccc(CNCc2cnc[nH]2)c1)C(=O)O.Cl.Cl. The molecule has 0 aliphatic rings. The number of nitrogens with one attached hydrogen (secondary N) is 3. The number of nitrogens with zero attached hydrogens (tertiary/aromatic N) is 1. The largest absolute Gasteiger partial charge is 0.480 e. The smallest absolute Gasteiger partial charge is 0.326 e. The minimum atomic E-state index is -1.01. The summed E-state index contributed by atoms with van der Waals surface area (Å²) in [5.74, 6) is -0.710. The van der Waals surface area contributed by atoms with Crippen LogP contribution in [0.25, 0.3) is 0 Å². The minimum absolute atomic E-state index is 0. The van der Waals surface area contributed by atoms with Gasteiger partial charge in [-0.05, 0) is 36.1 Å². The normalized spacial score (nSPS) is 11.0. The number of rotatable bonds is 10. The third-order valence-corrected chi connectivity index (χ3v) is 4.25. The van der Waals surface area contributed by atoms with Crippen LogP contribution in [0.2, 0.25) is 0 Å². The van der Waals surface area contributed by atoms with E-state index in [2.05, 4.69) is 20.6 Å². The van der Waals surface area contributed by atoms with Crippen molar-refractivity contribution in [3.63, 3.8) is 0 Å². The number of amides is 1. The molecule has 1 heterocycles. The Balaban J connectivity index is 0.00000338. The fourth-order valence-corrected chi connectivity index (χ4v) is 2.75. The van der Waals surface area contributed by atoms with Crippen LogP contribution in [0.15, 0.2) is 36.8 Å².